The molecule has 0 unspecified atom stereocenters. The Balaban J connectivity index is 2.13. The number of halogens is 1. The number of rotatable bonds is 4. The van der Waals surface area contributed by atoms with Gasteiger partial charge in [-0.3, -0.25) is 4.79 Å². The molecule has 0 amide bonds. The molecule has 5 nitrogen and oxygen atoms in total. The van der Waals surface area contributed by atoms with E-state index in [0.29, 0.717) is 25.0 Å². The molecule has 7 heteroatoms. The van der Waals surface area contributed by atoms with Crippen LogP contribution in [0.3, 0.4) is 0 Å². The minimum atomic E-state index is -3.87. The predicted octanol–water partition coefficient (Wildman–Crippen LogP) is 2.10. The highest BCUT2D eigenvalue weighted by Gasteiger charge is 2.34. The number of ether oxygens (including phenoxy) is 1. The van der Waals surface area contributed by atoms with Crippen LogP contribution in [0.1, 0.15) is 25.3 Å². The van der Waals surface area contributed by atoms with Crippen molar-refractivity contribution in [2.24, 2.45) is 5.92 Å². The average Bonchev–Trinajstić information content (AvgIpc) is 2.50. The second-order valence-corrected chi connectivity index (χ2v) is 7.27. The highest BCUT2D eigenvalue weighted by Crippen LogP contribution is 2.26. The van der Waals surface area contributed by atoms with Crippen LogP contribution in [-0.2, 0) is 19.6 Å². The first-order valence-corrected chi connectivity index (χ1v) is 8.73. The smallest absolute Gasteiger partial charge is 0.309 e. The fourth-order valence-electron chi connectivity index (χ4n) is 2.54. The van der Waals surface area contributed by atoms with Gasteiger partial charge in [-0.25, -0.2) is 12.8 Å². The molecule has 2 rings (SSSR count). The molecule has 1 aliphatic heterocycles. The summed E-state index contributed by atoms with van der Waals surface area (Å²) in [6, 6.07) is 4.02. The van der Waals surface area contributed by atoms with Crippen LogP contribution in [0.15, 0.2) is 23.1 Å². The molecular weight excluding hydrogens is 309 g/mol. The quantitative estimate of drug-likeness (QED) is 0.794. The third-order valence-electron chi connectivity index (χ3n) is 3.78. The first-order valence-electron chi connectivity index (χ1n) is 7.29. The van der Waals surface area contributed by atoms with Gasteiger partial charge in [0.1, 0.15) is 10.7 Å². The summed E-state index contributed by atoms with van der Waals surface area (Å²) in [5.41, 5.74) is 0.682. The Morgan fingerprint density at radius 2 is 2.00 bits per heavy atom. The molecule has 122 valence electrons. The van der Waals surface area contributed by atoms with Crippen molar-refractivity contribution in [1.82, 2.24) is 4.31 Å². The molecular formula is C15H20FNO4S. The lowest BCUT2D eigenvalue weighted by Gasteiger charge is -2.30. The van der Waals surface area contributed by atoms with Gasteiger partial charge in [0.05, 0.1) is 12.5 Å². The van der Waals surface area contributed by atoms with Crippen molar-refractivity contribution in [3.8, 4) is 0 Å². The van der Waals surface area contributed by atoms with Crippen molar-refractivity contribution in [2.45, 2.75) is 31.6 Å². The number of hydrogen-bond donors (Lipinski definition) is 0. The minimum absolute atomic E-state index is 0.194. The van der Waals surface area contributed by atoms with Crippen LogP contribution in [0.2, 0.25) is 0 Å². The zero-order valence-corrected chi connectivity index (χ0v) is 13.5. The summed E-state index contributed by atoms with van der Waals surface area (Å²) in [6.07, 6.45) is 0.789. The zero-order chi connectivity index (χ0) is 16.3. The maximum absolute atomic E-state index is 13.8. The van der Waals surface area contributed by atoms with Crippen LogP contribution in [0.5, 0.6) is 0 Å². The number of aryl methyl sites for hydroxylation is 1. The summed E-state index contributed by atoms with van der Waals surface area (Å²) in [4.78, 5) is 11.4. The van der Waals surface area contributed by atoms with E-state index in [1.54, 1.807) is 13.8 Å². The van der Waals surface area contributed by atoms with Crippen molar-refractivity contribution >= 4 is 16.0 Å². The molecule has 1 aliphatic rings. The van der Waals surface area contributed by atoms with E-state index < -0.39 is 15.8 Å². The third kappa shape index (κ3) is 3.47. The SMILES string of the molecule is CCOC(=O)C1CCN(S(=O)(=O)c2cc(C)ccc2F)CC1. The molecule has 1 fully saturated rings. The van der Waals surface area contributed by atoms with E-state index in [2.05, 4.69) is 0 Å². The number of esters is 1. The molecule has 0 radical (unpaired) electrons. The molecule has 0 N–H and O–H groups in total. The third-order valence-corrected chi connectivity index (χ3v) is 5.69. The summed E-state index contributed by atoms with van der Waals surface area (Å²) >= 11 is 0. The molecule has 22 heavy (non-hydrogen) atoms. The van der Waals surface area contributed by atoms with Crippen LogP contribution < -0.4 is 0 Å². The Kier molecular flexibility index (Phi) is 5.18. The van der Waals surface area contributed by atoms with Gasteiger partial charge < -0.3 is 4.74 Å². The van der Waals surface area contributed by atoms with Crippen LogP contribution in [0.25, 0.3) is 0 Å². The Hall–Kier alpha value is -1.47. The van der Waals surface area contributed by atoms with Gasteiger partial charge in [0.15, 0.2) is 0 Å². The molecule has 1 aromatic carbocycles. The largest absolute Gasteiger partial charge is 0.466 e. The van der Waals surface area contributed by atoms with E-state index in [4.69, 9.17) is 4.74 Å². The molecule has 0 aromatic heterocycles. The molecule has 0 saturated carbocycles. The van der Waals surface area contributed by atoms with Gasteiger partial charge in [0, 0.05) is 13.1 Å². The standard InChI is InChI=1S/C15H20FNO4S/c1-3-21-15(18)12-6-8-17(9-7-12)22(19,20)14-10-11(2)4-5-13(14)16/h4-5,10,12H,3,6-9H2,1-2H3. The van der Waals surface area contributed by atoms with Crippen LogP contribution in [0, 0.1) is 18.7 Å². The molecule has 0 atom stereocenters. The van der Waals surface area contributed by atoms with Gasteiger partial charge in [-0.2, -0.15) is 4.31 Å². The number of nitrogens with zero attached hydrogens (tertiary/aromatic N) is 1. The summed E-state index contributed by atoms with van der Waals surface area (Å²) in [5.74, 6) is -1.33. The van der Waals surface area contributed by atoms with Crippen molar-refractivity contribution < 1.29 is 22.3 Å². The minimum Gasteiger partial charge on any atom is -0.466 e. The molecule has 0 aliphatic carbocycles. The van der Waals surface area contributed by atoms with Crippen molar-refractivity contribution in [3.63, 3.8) is 0 Å². The van der Waals surface area contributed by atoms with Gasteiger partial charge in [0.2, 0.25) is 10.0 Å². The van der Waals surface area contributed by atoms with E-state index in [9.17, 15) is 17.6 Å². The van der Waals surface area contributed by atoms with E-state index in [1.807, 2.05) is 0 Å². The van der Waals surface area contributed by atoms with Crippen molar-refractivity contribution in [3.05, 3.63) is 29.6 Å². The van der Waals surface area contributed by atoms with Gasteiger partial charge in [-0.15, -0.1) is 0 Å². The Morgan fingerprint density at radius 1 is 1.36 bits per heavy atom. The van der Waals surface area contributed by atoms with Crippen molar-refractivity contribution in [1.29, 1.82) is 0 Å². The summed E-state index contributed by atoms with van der Waals surface area (Å²) in [6.45, 7) is 4.15. The van der Waals surface area contributed by atoms with E-state index in [-0.39, 0.29) is 29.9 Å². The lowest BCUT2D eigenvalue weighted by Crippen LogP contribution is -2.40. The van der Waals surface area contributed by atoms with Gasteiger partial charge in [-0.1, -0.05) is 6.07 Å². The molecule has 1 aromatic rings. The second kappa shape index (κ2) is 6.75. The molecule has 1 heterocycles. The number of benzene rings is 1. The number of piperidine rings is 1. The van der Waals surface area contributed by atoms with E-state index >= 15 is 0 Å². The summed E-state index contributed by atoms with van der Waals surface area (Å²) < 4.78 is 45.1. The van der Waals surface area contributed by atoms with Gasteiger partial charge in [0.25, 0.3) is 0 Å². The lowest BCUT2D eigenvalue weighted by atomic mass is 9.98. The second-order valence-electron chi connectivity index (χ2n) is 5.36. The maximum atomic E-state index is 13.8. The average molecular weight is 329 g/mol. The monoisotopic (exact) mass is 329 g/mol. The summed E-state index contributed by atoms with van der Waals surface area (Å²) in [5, 5.41) is 0. The number of sulfonamides is 1. The molecule has 1 saturated heterocycles. The first-order chi connectivity index (χ1) is 10.4. The normalized spacial score (nSPS) is 17.4. The van der Waals surface area contributed by atoms with Gasteiger partial charge >= 0.3 is 5.97 Å². The molecule has 0 bridgehead atoms. The fraction of sp³-hybridized carbons (Fsp3) is 0.533. The van der Waals surface area contributed by atoms with E-state index in [1.165, 1.54) is 16.4 Å². The van der Waals surface area contributed by atoms with Gasteiger partial charge in [-0.05, 0) is 44.4 Å². The maximum Gasteiger partial charge on any atom is 0.309 e. The lowest BCUT2D eigenvalue weighted by molar-refractivity contribution is -0.149. The number of carbonyl (C=O) groups excluding carboxylic acids is 1. The van der Waals surface area contributed by atoms with Crippen LogP contribution in [-0.4, -0.2) is 38.4 Å². The van der Waals surface area contributed by atoms with E-state index in [0.717, 1.165) is 6.07 Å². The zero-order valence-electron chi connectivity index (χ0n) is 12.7. The molecule has 0 spiro atoms. The Morgan fingerprint density at radius 3 is 2.59 bits per heavy atom. The Labute approximate surface area is 130 Å². The fourth-order valence-corrected chi connectivity index (χ4v) is 4.16. The highest BCUT2D eigenvalue weighted by molar-refractivity contribution is 7.89. The van der Waals surface area contributed by atoms with Crippen LogP contribution >= 0.6 is 0 Å². The number of carbonyl (C=O) groups is 1. The van der Waals surface area contributed by atoms with Crippen molar-refractivity contribution in [2.75, 3.05) is 19.7 Å². The topological polar surface area (TPSA) is 63.7 Å². The number of hydrogen-bond acceptors (Lipinski definition) is 4. The predicted molar refractivity (Wildman–Crippen MR) is 79.3 cm³/mol. The first kappa shape index (κ1) is 16.9. The summed E-state index contributed by atoms with van der Waals surface area (Å²) in [7, 11) is -3.87. The van der Waals surface area contributed by atoms with Crippen LogP contribution in [0.4, 0.5) is 4.39 Å². The highest BCUT2D eigenvalue weighted by atomic mass is 32.2. The Bertz CT molecular complexity index is 652.